The molecule has 0 aliphatic carbocycles. The second-order valence-corrected chi connectivity index (χ2v) is 7.47. The van der Waals surface area contributed by atoms with E-state index < -0.39 is 0 Å². The monoisotopic (exact) mass is 389 g/mol. The summed E-state index contributed by atoms with van der Waals surface area (Å²) in [5.41, 5.74) is 4.12. The minimum absolute atomic E-state index is 0.0444. The van der Waals surface area contributed by atoms with Crippen LogP contribution in [-0.2, 0) is 17.6 Å². The van der Waals surface area contributed by atoms with Crippen molar-refractivity contribution in [3.05, 3.63) is 77.2 Å². The molecule has 150 valence electrons. The lowest BCUT2D eigenvalue weighted by Gasteiger charge is -2.36. The zero-order valence-corrected chi connectivity index (χ0v) is 17.0. The van der Waals surface area contributed by atoms with E-state index in [2.05, 4.69) is 41.5 Å². The maximum atomic E-state index is 13.2. The van der Waals surface area contributed by atoms with E-state index in [0.29, 0.717) is 23.9 Å². The van der Waals surface area contributed by atoms with E-state index in [0.717, 1.165) is 25.1 Å². The van der Waals surface area contributed by atoms with Crippen LogP contribution >= 0.6 is 0 Å². The minimum Gasteiger partial charge on any atom is -0.441 e. The van der Waals surface area contributed by atoms with E-state index in [9.17, 15) is 4.79 Å². The van der Waals surface area contributed by atoms with E-state index in [4.69, 9.17) is 4.42 Å². The van der Waals surface area contributed by atoms with Gasteiger partial charge in [0.05, 0.1) is 18.2 Å². The minimum atomic E-state index is 0.0444. The van der Waals surface area contributed by atoms with Crippen LogP contribution in [-0.4, -0.2) is 35.4 Å². The third kappa shape index (κ3) is 4.25. The average Bonchev–Trinajstić information content (AvgIpc) is 3.14. The summed E-state index contributed by atoms with van der Waals surface area (Å²) in [6.07, 6.45) is 1.27. The van der Waals surface area contributed by atoms with Gasteiger partial charge in [0.1, 0.15) is 5.76 Å². The highest BCUT2D eigenvalue weighted by Gasteiger charge is 2.29. The molecule has 2 heterocycles. The first-order chi connectivity index (χ1) is 14.2. The van der Waals surface area contributed by atoms with Gasteiger partial charge in [-0.25, -0.2) is 4.98 Å². The second-order valence-electron chi connectivity index (χ2n) is 7.47. The van der Waals surface area contributed by atoms with Crippen molar-refractivity contribution in [2.75, 3.05) is 19.6 Å². The smallest absolute Gasteiger partial charge is 0.229 e. The van der Waals surface area contributed by atoms with Crippen LogP contribution in [0.1, 0.15) is 35.5 Å². The van der Waals surface area contributed by atoms with Gasteiger partial charge in [-0.3, -0.25) is 4.79 Å². The van der Waals surface area contributed by atoms with Crippen molar-refractivity contribution >= 4 is 5.91 Å². The normalized spacial score (nSPS) is 16.8. The highest BCUT2D eigenvalue weighted by atomic mass is 16.4. The summed E-state index contributed by atoms with van der Waals surface area (Å²) in [5, 5.41) is 3.42. The maximum absolute atomic E-state index is 13.2. The molecule has 1 amide bonds. The van der Waals surface area contributed by atoms with Gasteiger partial charge in [0.25, 0.3) is 0 Å². The van der Waals surface area contributed by atoms with Crippen LogP contribution in [0, 0.1) is 6.92 Å². The fraction of sp³-hybridized carbons (Fsp3) is 0.333. The third-order valence-corrected chi connectivity index (χ3v) is 5.57. The molecular formula is C24H27N3O2. The number of nitrogens with zero attached hydrogens (tertiary/aromatic N) is 2. The predicted octanol–water partition coefficient (Wildman–Crippen LogP) is 3.93. The van der Waals surface area contributed by atoms with Gasteiger partial charge in [0, 0.05) is 25.2 Å². The summed E-state index contributed by atoms with van der Waals surface area (Å²) in [6, 6.07) is 18.4. The Labute approximate surface area is 171 Å². The van der Waals surface area contributed by atoms with Crippen LogP contribution in [0.4, 0.5) is 0 Å². The van der Waals surface area contributed by atoms with E-state index >= 15 is 0 Å². The Morgan fingerprint density at radius 2 is 1.93 bits per heavy atom. The molecule has 0 saturated carbocycles. The highest BCUT2D eigenvalue weighted by molar-refractivity contribution is 5.79. The van der Waals surface area contributed by atoms with Crippen molar-refractivity contribution in [1.82, 2.24) is 15.2 Å². The molecule has 1 aliphatic rings. The Kier molecular flexibility index (Phi) is 5.76. The van der Waals surface area contributed by atoms with Gasteiger partial charge in [0.2, 0.25) is 11.8 Å². The predicted molar refractivity (Wildman–Crippen MR) is 114 cm³/mol. The van der Waals surface area contributed by atoms with E-state index in [1.54, 1.807) is 0 Å². The molecule has 1 atom stereocenters. The lowest BCUT2D eigenvalue weighted by atomic mass is 10.0. The topological polar surface area (TPSA) is 58.4 Å². The maximum Gasteiger partial charge on any atom is 0.229 e. The molecule has 1 fully saturated rings. The molecule has 2 aromatic carbocycles. The number of aromatic nitrogens is 1. The van der Waals surface area contributed by atoms with Crippen LogP contribution in [0.2, 0.25) is 0 Å². The van der Waals surface area contributed by atoms with Crippen molar-refractivity contribution in [1.29, 1.82) is 0 Å². The summed E-state index contributed by atoms with van der Waals surface area (Å²) in [5.74, 6) is 1.36. The number of hydrogen-bond acceptors (Lipinski definition) is 4. The molecule has 4 rings (SSSR count). The van der Waals surface area contributed by atoms with Crippen molar-refractivity contribution < 1.29 is 9.21 Å². The fourth-order valence-corrected chi connectivity index (χ4v) is 3.82. The number of oxazole rings is 1. The molecule has 0 radical (unpaired) electrons. The number of rotatable bonds is 5. The summed E-state index contributed by atoms with van der Waals surface area (Å²) in [6.45, 7) is 6.30. The van der Waals surface area contributed by atoms with Crippen LogP contribution in [0.25, 0.3) is 11.5 Å². The number of amides is 1. The Bertz CT molecular complexity index is 964. The number of nitrogens with one attached hydrogen (secondary N) is 1. The molecule has 0 spiro atoms. The standard InChI is InChI=1S/C24H27N3O2/c1-3-18-9-11-19(12-10-18)22-16-25-13-14-27(22)23(28)15-21-17(2)29-24(26-21)20-7-5-4-6-8-20/h4-12,22,25H,3,13-16H2,1-2H3. The van der Waals surface area contributed by atoms with Crippen molar-refractivity contribution in [2.45, 2.75) is 32.7 Å². The Balaban J connectivity index is 1.52. The molecular weight excluding hydrogens is 362 g/mol. The lowest BCUT2D eigenvalue weighted by Crippen LogP contribution is -2.49. The van der Waals surface area contributed by atoms with Crippen molar-refractivity contribution in [3.8, 4) is 11.5 Å². The summed E-state index contributed by atoms with van der Waals surface area (Å²) in [7, 11) is 0. The molecule has 1 aliphatic heterocycles. The van der Waals surface area contributed by atoms with Crippen LogP contribution in [0.3, 0.4) is 0 Å². The number of aryl methyl sites for hydroxylation is 2. The van der Waals surface area contributed by atoms with Crippen LogP contribution < -0.4 is 5.32 Å². The Morgan fingerprint density at radius 3 is 2.66 bits per heavy atom. The van der Waals surface area contributed by atoms with Gasteiger partial charge in [-0.05, 0) is 36.6 Å². The van der Waals surface area contributed by atoms with E-state index in [1.165, 1.54) is 11.1 Å². The second kappa shape index (κ2) is 8.62. The number of hydrogen-bond donors (Lipinski definition) is 1. The molecule has 29 heavy (non-hydrogen) atoms. The number of carbonyl (C=O) groups is 1. The number of piperazine rings is 1. The quantitative estimate of drug-likeness (QED) is 0.718. The van der Waals surface area contributed by atoms with Gasteiger partial charge in [-0.1, -0.05) is 49.4 Å². The first kappa shape index (κ1) is 19.4. The van der Waals surface area contributed by atoms with E-state index in [1.807, 2.05) is 42.2 Å². The molecule has 1 unspecified atom stereocenters. The lowest BCUT2D eigenvalue weighted by molar-refractivity contribution is -0.133. The van der Waals surface area contributed by atoms with Gasteiger partial charge >= 0.3 is 0 Å². The van der Waals surface area contributed by atoms with Gasteiger partial charge < -0.3 is 14.6 Å². The molecule has 0 bridgehead atoms. The Morgan fingerprint density at radius 1 is 1.17 bits per heavy atom. The van der Waals surface area contributed by atoms with Crippen LogP contribution in [0.5, 0.6) is 0 Å². The SMILES string of the molecule is CCc1ccc(C2CNCCN2C(=O)Cc2nc(-c3ccccc3)oc2C)cc1. The zero-order chi connectivity index (χ0) is 20.2. The van der Waals surface area contributed by atoms with Crippen molar-refractivity contribution in [3.63, 3.8) is 0 Å². The molecule has 5 nitrogen and oxygen atoms in total. The molecule has 5 heteroatoms. The van der Waals surface area contributed by atoms with E-state index in [-0.39, 0.29) is 18.4 Å². The first-order valence-corrected chi connectivity index (χ1v) is 10.3. The third-order valence-electron chi connectivity index (χ3n) is 5.57. The highest BCUT2D eigenvalue weighted by Crippen LogP contribution is 2.26. The number of benzene rings is 2. The summed E-state index contributed by atoms with van der Waals surface area (Å²) < 4.78 is 5.83. The fourth-order valence-electron chi connectivity index (χ4n) is 3.82. The van der Waals surface area contributed by atoms with Crippen LogP contribution in [0.15, 0.2) is 59.0 Å². The largest absolute Gasteiger partial charge is 0.441 e. The van der Waals surface area contributed by atoms with Crippen molar-refractivity contribution in [2.24, 2.45) is 0 Å². The first-order valence-electron chi connectivity index (χ1n) is 10.3. The molecule has 1 saturated heterocycles. The molecule has 3 aromatic rings. The van der Waals surface area contributed by atoms with Gasteiger partial charge in [-0.15, -0.1) is 0 Å². The zero-order valence-electron chi connectivity index (χ0n) is 17.0. The summed E-state index contributed by atoms with van der Waals surface area (Å²) >= 11 is 0. The van der Waals surface area contributed by atoms with Gasteiger partial charge in [0.15, 0.2) is 0 Å². The van der Waals surface area contributed by atoms with Gasteiger partial charge in [-0.2, -0.15) is 0 Å². The Hall–Kier alpha value is -2.92. The molecule has 1 aromatic heterocycles. The summed E-state index contributed by atoms with van der Waals surface area (Å²) in [4.78, 5) is 19.8. The number of carbonyl (C=O) groups excluding carboxylic acids is 1. The molecule has 1 N–H and O–H groups in total. The average molecular weight is 389 g/mol.